The fourth-order valence-corrected chi connectivity index (χ4v) is 5.02. The van der Waals surface area contributed by atoms with Crippen molar-refractivity contribution in [1.82, 2.24) is 15.5 Å². The van der Waals surface area contributed by atoms with E-state index < -0.39 is 10.8 Å². The van der Waals surface area contributed by atoms with Crippen LogP contribution < -0.4 is 16.0 Å². The van der Waals surface area contributed by atoms with Gasteiger partial charge in [-0.25, -0.2) is 4.99 Å². The summed E-state index contributed by atoms with van der Waals surface area (Å²) in [4.78, 5) is 18.6. The molecule has 1 amide bonds. The Labute approximate surface area is 206 Å². The van der Waals surface area contributed by atoms with E-state index in [1.165, 1.54) is 0 Å². The number of guanidine groups is 1. The van der Waals surface area contributed by atoms with Crippen molar-refractivity contribution in [3.05, 3.63) is 29.8 Å². The summed E-state index contributed by atoms with van der Waals surface area (Å²) in [6, 6.07) is 8.09. The third kappa shape index (κ3) is 10.3. The van der Waals surface area contributed by atoms with Crippen LogP contribution in [0.1, 0.15) is 45.1 Å². The van der Waals surface area contributed by atoms with Gasteiger partial charge in [0.1, 0.15) is 0 Å². The molecule has 1 aliphatic rings. The summed E-state index contributed by atoms with van der Waals surface area (Å²) in [7, 11) is 3.00. The van der Waals surface area contributed by atoms with Gasteiger partial charge in [0.05, 0.1) is 13.1 Å². The highest BCUT2D eigenvalue weighted by Crippen LogP contribution is 2.23. The topological polar surface area (TPSA) is 85.8 Å². The Balaban J connectivity index is 0.00000480. The summed E-state index contributed by atoms with van der Waals surface area (Å²) in [6.45, 7) is 5.69. The molecule has 31 heavy (non-hydrogen) atoms. The molecule has 1 aromatic carbocycles. The molecular formula is C22H38IN5O2S. The summed E-state index contributed by atoms with van der Waals surface area (Å²) >= 11 is 0. The largest absolute Gasteiger partial charge is 0.357 e. The highest BCUT2D eigenvalue weighted by Gasteiger charge is 2.26. The van der Waals surface area contributed by atoms with Gasteiger partial charge >= 0.3 is 0 Å². The third-order valence-electron chi connectivity index (χ3n) is 5.06. The van der Waals surface area contributed by atoms with Gasteiger partial charge in [0, 0.05) is 40.1 Å². The van der Waals surface area contributed by atoms with Crippen LogP contribution in [0.3, 0.4) is 0 Å². The molecule has 1 fully saturated rings. The standard InChI is InChI=1S/C22H37N5O2S.HI/c1-5-23-22(26-19-11-8-12-20(14-19)30(29)6-2)24-15-17-9-7-10-18(13-17)25-21(28)16-27(3)4;/h7,9-10,13,19-20H,5-6,8,11-12,14-16H2,1-4H3,(H,25,28)(H2,23,24,26);1H. The van der Waals surface area contributed by atoms with Crippen LogP contribution in [0.5, 0.6) is 0 Å². The van der Waals surface area contributed by atoms with Gasteiger partial charge in [-0.05, 0) is 58.0 Å². The minimum atomic E-state index is -0.736. The zero-order chi connectivity index (χ0) is 21.9. The number of nitrogens with one attached hydrogen (secondary N) is 3. The number of aliphatic imine (C=N–C) groups is 1. The Morgan fingerprint density at radius 3 is 2.71 bits per heavy atom. The van der Waals surface area contributed by atoms with Gasteiger partial charge in [-0.2, -0.15) is 0 Å². The first-order valence-electron chi connectivity index (χ1n) is 10.9. The normalized spacial score (nSPS) is 20.0. The molecular weight excluding hydrogens is 525 g/mol. The Bertz CT molecular complexity index is 744. The van der Waals surface area contributed by atoms with E-state index in [1.54, 1.807) is 0 Å². The molecule has 0 saturated heterocycles. The number of rotatable bonds is 9. The minimum absolute atomic E-state index is 0. The monoisotopic (exact) mass is 563 g/mol. The number of halogens is 1. The van der Waals surface area contributed by atoms with Gasteiger partial charge in [-0.15, -0.1) is 24.0 Å². The second kappa shape index (κ2) is 14.8. The number of benzene rings is 1. The minimum Gasteiger partial charge on any atom is -0.357 e. The quantitative estimate of drug-likeness (QED) is 0.245. The van der Waals surface area contributed by atoms with Crippen molar-refractivity contribution in [1.29, 1.82) is 0 Å². The highest BCUT2D eigenvalue weighted by molar-refractivity contribution is 14.0. The first-order valence-corrected chi connectivity index (χ1v) is 12.2. The Kier molecular flexibility index (Phi) is 13.3. The predicted molar refractivity (Wildman–Crippen MR) is 142 cm³/mol. The third-order valence-corrected chi connectivity index (χ3v) is 6.80. The van der Waals surface area contributed by atoms with Gasteiger partial charge in [0.15, 0.2) is 5.96 Å². The molecule has 0 radical (unpaired) electrons. The summed E-state index contributed by atoms with van der Waals surface area (Å²) in [6.07, 6.45) is 4.16. The van der Waals surface area contributed by atoms with Crippen LogP contribution in [0.15, 0.2) is 29.3 Å². The van der Waals surface area contributed by atoms with Crippen LogP contribution in [0.25, 0.3) is 0 Å². The van der Waals surface area contributed by atoms with Crippen LogP contribution in [-0.2, 0) is 22.1 Å². The van der Waals surface area contributed by atoms with E-state index >= 15 is 0 Å². The summed E-state index contributed by atoms with van der Waals surface area (Å²) in [5, 5.41) is 10.1. The number of anilines is 1. The maximum absolute atomic E-state index is 12.2. The first kappa shape index (κ1) is 27.8. The molecule has 1 aliphatic carbocycles. The molecule has 7 nitrogen and oxygen atoms in total. The fraction of sp³-hybridized carbons (Fsp3) is 0.636. The molecule has 0 aromatic heterocycles. The Morgan fingerprint density at radius 1 is 1.26 bits per heavy atom. The van der Waals surface area contributed by atoms with E-state index in [2.05, 4.69) is 16.0 Å². The summed E-state index contributed by atoms with van der Waals surface area (Å²) in [5.41, 5.74) is 1.81. The molecule has 1 saturated carbocycles. The van der Waals surface area contributed by atoms with Crippen molar-refractivity contribution < 1.29 is 9.00 Å². The number of amides is 1. The first-order chi connectivity index (χ1) is 14.4. The van der Waals surface area contributed by atoms with Crippen molar-refractivity contribution in [3.8, 4) is 0 Å². The maximum atomic E-state index is 12.2. The lowest BCUT2D eigenvalue weighted by molar-refractivity contribution is -0.116. The van der Waals surface area contributed by atoms with E-state index in [9.17, 15) is 9.00 Å². The fourth-order valence-electron chi connectivity index (χ4n) is 3.67. The number of carbonyl (C=O) groups excluding carboxylic acids is 1. The van der Waals surface area contributed by atoms with Gasteiger partial charge in [0.2, 0.25) is 5.91 Å². The molecule has 3 atom stereocenters. The van der Waals surface area contributed by atoms with Crippen LogP contribution in [0, 0.1) is 0 Å². The van der Waals surface area contributed by atoms with Gasteiger partial charge in [0.25, 0.3) is 0 Å². The number of nitrogens with zero attached hydrogens (tertiary/aromatic N) is 2. The van der Waals surface area contributed by atoms with Crippen molar-refractivity contribution >= 4 is 52.3 Å². The van der Waals surface area contributed by atoms with Crippen molar-refractivity contribution in [2.45, 2.75) is 57.4 Å². The molecule has 9 heteroatoms. The van der Waals surface area contributed by atoms with E-state index in [0.717, 1.165) is 55.2 Å². The molecule has 176 valence electrons. The lowest BCUT2D eigenvalue weighted by Crippen LogP contribution is -2.46. The summed E-state index contributed by atoms with van der Waals surface area (Å²) in [5.74, 6) is 1.48. The van der Waals surface area contributed by atoms with E-state index in [-0.39, 0.29) is 35.1 Å². The average molecular weight is 564 g/mol. The molecule has 0 heterocycles. The maximum Gasteiger partial charge on any atom is 0.238 e. The SMILES string of the molecule is CCNC(=NCc1cccc(NC(=O)CN(C)C)c1)NC1CCCC(S(=O)CC)C1.I. The molecule has 0 spiro atoms. The van der Waals surface area contributed by atoms with E-state index in [4.69, 9.17) is 4.99 Å². The number of hydrogen-bond donors (Lipinski definition) is 3. The van der Waals surface area contributed by atoms with Gasteiger partial charge in [-0.3, -0.25) is 9.00 Å². The molecule has 1 aromatic rings. The average Bonchev–Trinajstić information content (AvgIpc) is 2.71. The number of hydrogen-bond acceptors (Lipinski definition) is 4. The Hall–Kier alpha value is -1.20. The van der Waals surface area contributed by atoms with Crippen molar-refractivity contribution in [2.75, 3.05) is 38.3 Å². The molecule has 0 aliphatic heterocycles. The van der Waals surface area contributed by atoms with Crippen LogP contribution in [-0.4, -0.2) is 65.2 Å². The van der Waals surface area contributed by atoms with Gasteiger partial charge < -0.3 is 20.9 Å². The smallest absolute Gasteiger partial charge is 0.238 e. The lowest BCUT2D eigenvalue weighted by Gasteiger charge is -2.30. The van der Waals surface area contributed by atoms with Crippen LogP contribution >= 0.6 is 24.0 Å². The predicted octanol–water partition coefficient (Wildman–Crippen LogP) is 2.94. The van der Waals surface area contributed by atoms with Crippen molar-refractivity contribution in [3.63, 3.8) is 0 Å². The number of likely N-dealkylation sites (N-methyl/N-ethyl adjacent to an activating group) is 1. The molecule has 0 bridgehead atoms. The van der Waals surface area contributed by atoms with Crippen LogP contribution in [0.2, 0.25) is 0 Å². The summed E-state index contributed by atoms with van der Waals surface area (Å²) < 4.78 is 12.2. The Morgan fingerprint density at radius 2 is 2.03 bits per heavy atom. The van der Waals surface area contributed by atoms with E-state index in [1.807, 2.05) is 57.1 Å². The zero-order valence-corrected chi connectivity index (χ0v) is 22.3. The molecule has 2 rings (SSSR count). The lowest BCUT2D eigenvalue weighted by atomic mass is 9.95. The second-order valence-electron chi connectivity index (χ2n) is 7.98. The highest BCUT2D eigenvalue weighted by atomic mass is 127. The molecule has 3 unspecified atom stereocenters. The second-order valence-corrected chi connectivity index (χ2v) is 9.99. The number of carbonyl (C=O) groups is 1. The molecule has 3 N–H and O–H groups in total. The van der Waals surface area contributed by atoms with E-state index in [0.29, 0.717) is 19.1 Å². The zero-order valence-electron chi connectivity index (χ0n) is 19.1. The van der Waals surface area contributed by atoms with Crippen LogP contribution in [0.4, 0.5) is 5.69 Å². The van der Waals surface area contributed by atoms with Gasteiger partial charge in [-0.1, -0.05) is 25.5 Å². The van der Waals surface area contributed by atoms with Crippen molar-refractivity contribution in [2.24, 2.45) is 4.99 Å².